The van der Waals surface area contributed by atoms with E-state index in [1.54, 1.807) is 12.1 Å². The van der Waals surface area contributed by atoms with Gasteiger partial charge in [-0.25, -0.2) is 4.98 Å². The molecule has 3 aromatic rings. The van der Waals surface area contributed by atoms with Gasteiger partial charge < -0.3 is 15.6 Å². The van der Waals surface area contributed by atoms with Gasteiger partial charge in [0.15, 0.2) is 0 Å². The summed E-state index contributed by atoms with van der Waals surface area (Å²) < 4.78 is 0. The van der Waals surface area contributed by atoms with Crippen LogP contribution in [-0.2, 0) is 16.1 Å². The zero-order chi connectivity index (χ0) is 21.1. The lowest BCUT2D eigenvalue weighted by atomic mass is 9.96. The topological polar surface area (TPSA) is 90.1 Å². The number of nitrogens with one attached hydrogen (secondary N) is 3. The molecule has 0 atom stereocenters. The van der Waals surface area contributed by atoms with Gasteiger partial charge in [-0.15, -0.1) is 0 Å². The van der Waals surface area contributed by atoms with Gasteiger partial charge in [-0.05, 0) is 74.8 Å². The number of H-pyrrole nitrogens is 1. The number of hydrogen-bond donors (Lipinski definition) is 3. The van der Waals surface area contributed by atoms with Crippen LogP contribution in [0.5, 0.6) is 0 Å². The average Bonchev–Trinajstić information content (AvgIpc) is 3.11. The van der Waals surface area contributed by atoms with Gasteiger partial charge in [-0.3, -0.25) is 14.5 Å². The standard InChI is InChI=1S/C23H27N5O2/c1-15-3-8-20-21(13-15)27-22(26-20)14-28-11-9-17(10-12-28)23(30)25-19-6-4-18(5-7-19)24-16(2)29/h3-8,13,17H,9-12,14H2,1-2H3,(H,24,29)(H,25,30)(H,26,27). The Bertz CT molecular complexity index is 1050. The summed E-state index contributed by atoms with van der Waals surface area (Å²) in [4.78, 5) is 34.2. The van der Waals surface area contributed by atoms with E-state index in [0.717, 1.165) is 60.7 Å². The summed E-state index contributed by atoms with van der Waals surface area (Å²) in [6.07, 6.45) is 1.66. The van der Waals surface area contributed by atoms with Crippen LogP contribution >= 0.6 is 0 Å². The van der Waals surface area contributed by atoms with Crippen molar-refractivity contribution in [3.63, 3.8) is 0 Å². The molecule has 1 aliphatic rings. The molecule has 0 bridgehead atoms. The second-order valence-corrected chi connectivity index (χ2v) is 8.00. The highest BCUT2D eigenvalue weighted by molar-refractivity contribution is 5.93. The van der Waals surface area contributed by atoms with Gasteiger partial charge in [-0.1, -0.05) is 6.07 Å². The van der Waals surface area contributed by atoms with Crippen molar-refractivity contribution in [2.75, 3.05) is 23.7 Å². The van der Waals surface area contributed by atoms with E-state index in [2.05, 4.69) is 44.6 Å². The Kier molecular flexibility index (Phi) is 5.81. The van der Waals surface area contributed by atoms with E-state index in [9.17, 15) is 9.59 Å². The molecule has 0 spiro atoms. The largest absolute Gasteiger partial charge is 0.341 e. The minimum atomic E-state index is -0.115. The average molecular weight is 406 g/mol. The third-order valence-corrected chi connectivity index (χ3v) is 5.49. The number of aryl methyl sites for hydroxylation is 1. The quantitative estimate of drug-likeness (QED) is 0.604. The Hall–Kier alpha value is -3.19. The number of likely N-dealkylation sites (tertiary alicyclic amines) is 1. The van der Waals surface area contributed by atoms with Crippen molar-refractivity contribution in [3.05, 3.63) is 53.9 Å². The molecule has 7 nitrogen and oxygen atoms in total. The third-order valence-electron chi connectivity index (χ3n) is 5.49. The number of imidazole rings is 1. The molecule has 2 amide bonds. The zero-order valence-electron chi connectivity index (χ0n) is 17.4. The molecule has 30 heavy (non-hydrogen) atoms. The first-order valence-corrected chi connectivity index (χ1v) is 10.3. The van der Waals surface area contributed by atoms with E-state index < -0.39 is 0 Å². The number of anilines is 2. The molecule has 0 saturated carbocycles. The van der Waals surface area contributed by atoms with Crippen LogP contribution in [-0.4, -0.2) is 39.8 Å². The molecule has 1 aliphatic heterocycles. The van der Waals surface area contributed by atoms with Crippen molar-refractivity contribution in [1.82, 2.24) is 14.9 Å². The predicted octanol–water partition coefficient (Wildman–Crippen LogP) is 3.68. The van der Waals surface area contributed by atoms with Gasteiger partial charge in [0.25, 0.3) is 0 Å². The van der Waals surface area contributed by atoms with E-state index in [-0.39, 0.29) is 17.7 Å². The minimum absolute atomic E-state index is 0.00888. The smallest absolute Gasteiger partial charge is 0.227 e. The maximum absolute atomic E-state index is 12.6. The number of carbonyl (C=O) groups is 2. The van der Waals surface area contributed by atoms with Crippen LogP contribution in [0.3, 0.4) is 0 Å². The van der Waals surface area contributed by atoms with E-state index in [1.165, 1.54) is 12.5 Å². The maximum atomic E-state index is 12.6. The summed E-state index contributed by atoms with van der Waals surface area (Å²) in [5, 5.41) is 5.71. The van der Waals surface area contributed by atoms with Crippen LogP contribution in [0.25, 0.3) is 11.0 Å². The number of benzene rings is 2. The number of nitrogens with zero attached hydrogens (tertiary/aromatic N) is 2. The van der Waals surface area contributed by atoms with Crippen molar-refractivity contribution >= 4 is 34.2 Å². The van der Waals surface area contributed by atoms with Gasteiger partial charge in [0, 0.05) is 24.2 Å². The lowest BCUT2D eigenvalue weighted by molar-refractivity contribution is -0.121. The van der Waals surface area contributed by atoms with Crippen molar-refractivity contribution in [1.29, 1.82) is 0 Å². The molecular formula is C23H27N5O2. The lowest BCUT2D eigenvalue weighted by Gasteiger charge is -2.30. The summed E-state index contributed by atoms with van der Waals surface area (Å²) in [5.41, 5.74) is 4.75. The fourth-order valence-corrected chi connectivity index (χ4v) is 3.90. The van der Waals surface area contributed by atoms with E-state index in [0.29, 0.717) is 0 Å². The lowest BCUT2D eigenvalue weighted by Crippen LogP contribution is -2.38. The molecule has 156 valence electrons. The number of hydrogen-bond acceptors (Lipinski definition) is 4. The van der Waals surface area contributed by atoms with Crippen molar-refractivity contribution in [2.45, 2.75) is 33.2 Å². The van der Waals surface area contributed by atoms with Crippen LogP contribution < -0.4 is 10.6 Å². The maximum Gasteiger partial charge on any atom is 0.227 e. The summed E-state index contributed by atoms with van der Waals surface area (Å²) in [5.74, 6) is 0.921. The first-order valence-electron chi connectivity index (χ1n) is 10.3. The third kappa shape index (κ3) is 4.86. The molecule has 2 aromatic carbocycles. The van der Waals surface area contributed by atoms with Crippen LogP contribution in [0.15, 0.2) is 42.5 Å². The first-order chi connectivity index (χ1) is 14.5. The van der Waals surface area contributed by atoms with Crippen LogP contribution in [0.4, 0.5) is 11.4 Å². The monoisotopic (exact) mass is 405 g/mol. The number of piperidine rings is 1. The van der Waals surface area contributed by atoms with Crippen molar-refractivity contribution in [2.24, 2.45) is 5.92 Å². The van der Waals surface area contributed by atoms with Crippen LogP contribution in [0.1, 0.15) is 31.2 Å². The van der Waals surface area contributed by atoms with E-state index >= 15 is 0 Å². The molecule has 1 saturated heterocycles. The van der Waals surface area contributed by atoms with Gasteiger partial charge in [0.05, 0.1) is 17.6 Å². The summed E-state index contributed by atoms with van der Waals surface area (Å²) >= 11 is 0. The minimum Gasteiger partial charge on any atom is -0.341 e. The van der Waals surface area contributed by atoms with Crippen LogP contribution in [0, 0.1) is 12.8 Å². The van der Waals surface area contributed by atoms with Crippen LogP contribution in [0.2, 0.25) is 0 Å². The molecule has 4 rings (SSSR count). The Morgan fingerprint density at radius 1 is 1.07 bits per heavy atom. The highest BCUT2D eigenvalue weighted by atomic mass is 16.2. The van der Waals surface area contributed by atoms with Gasteiger partial charge >= 0.3 is 0 Å². The molecule has 7 heteroatoms. The molecule has 2 heterocycles. The predicted molar refractivity (Wildman–Crippen MR) is 118 cm³/mol. The summed E-state index contributed by atoms with van der Waals surface area (Å²) in [7, 11) is 0. The molecule has 1 fully saturated rings. The van der Waals surface area contributed by atoms with Gasteiger partial charge in [0.1, 0.15) is 5.82 Å². The second kappa shape index (κ2) is 8.67. The number of amides is 2. The van der Waals surface area contributed by atoms with Crippen molar-refractivity contribution < 1.29 is 9.59 Å². The summed E-state index contributed by atoms with van der Waals surface area (Å²) in [6, 6.07) is 13.4. The highest BCUT2D eigenvalue weighted by Crippen LogP contribution is 2.22. The SMILES string of the molecule is CC(=O)Nc1ccc(NC(=O)C2CCN(Cc3nc4ccc(C)cc4[nH]3)CC2)cc1. The molecule has 0 aliphatic carbocycles. The van der Waals surface area contributed by atoms with Crippen molar-refractivity contribution in [3.8, 4) is 0 Å². The number of rotatable bonds is 5. The van der Waals surface area contributed by atoms with Gasteiger partial charge in [0.2, 0.25) is 11.8 Å². The molecule has 0 unspecified atom stereocenters. The number of carbonyl (C=O) groups excluding carboxylic acids is 2. The first kappa shape index (κ1) is 20.1. The van der Waals surface area contributed by atoms with E-state index in [1.807, 2.05) is 18.2 Å². The normalized spacial score (nSPS) is 15.3. The highest BCUT2D eigenvalue weighted by Gasteiger charge is 2.25. The fourth-order valence-electron chi connectivity index (χ4n) is 3.90. The Morgan fingerprint density at radius 2 is 1.73 bits per heavy atom. The second-order valence-electron chi connectivity index (χ2n) is 8.00. The zero-order valence-corrected chi connectivity index (χ0v) is 17.4. The van der Waals surface area contributed by atoms with Gasteiger partial charge in [-0.2, -0.15) is 0 Å². The molecular weight excluding hydrogens is 378 g/mol. The number of fused-ring (bicyclic) bond motifs is 1. The Labute approximate surface area is 175 Å². The summed E-state index contributed by atoms with van der Waals surface area (Å²) in [6.45, 7) is 6.06. The van der Waals surface area contributed by atoms with E-state index in [4.69, 9.17) is 0 Å². The molecule has 1 aromatic heterocycles. The number of aromatic nitrogens is 2. The number of aromatic amines is 1. The Morgan fingerprint density at radius 3 is 2.40 bits per heavy atom. The molecule has 0 radical (unpaired) electrons. The molecule has 3 N–H and O–H groups in total. The Balaban J connectivity index is 1.28. The fraction of sp³-hybridized carbons (Fsp3) is 0.348.